The molecule has 0 aliphatic carbocycles. The van der Waals surface area contributed by atoms with E-state index in [4.69, 9.17) is 0 Å². The molecule has 2 aromatic carbocycles. The minimum Gasteiger partial charge on any atom is -0.352 e. The van der Waals surface area contributed by atoms with Crippen molar-refractivity contribution < 1.29 is 4.79 Å². The summed E-state index contributed by atoms with van der Waals surface area (Å²) in [5, 5.41) is 7.48. The number of aromatic nitrogens is 3. The van der Waals surface area contributed by atoms with E-state index in [1.165, 1.54) is 5.56 Å². The smallest absolute Gasteiger partial charge is 0.276 e. The summed E-state index contributed by atoms with van der Waals surface area (Å²) in [5.74, 6) is 0.380. The molecule has 0 saturated carbocycles. The standard InChI is InChI=1S/C26H28N4O2/c1-18(2)20-8-10-21(11-9-20)23-16-24-26(32)29(14-15-30(24)28-23)13-12-25(31)27-17-22-7-5-4-6-19(22)3/h4-11,14-16,18H,12-13,17H2,1-3H3,(H,27,31). The predicted molar refractivity (Wildman–Crippen MR) is 127 cm³/mol. The van der Waals surface area contributed by atoms with E-state index in [1.54, 1.807) is 21.5 Å². The van der Waals surface area contributed by atoms with Crippen LogP contribution in [0, 0.1) is 6.92 Å². The average molecular weight is 429 g/mol. The lowest BCUT2D eigenvalue weighted by molar-refractivity contribution is -0.121. The lowest BCUT2D eigenvalue weighted by Crippen LogP contribution is -2.27. The Morgan fingerprint density at radius 2 is 1.81 bits per heavy atom. The summed E-state index contributed by atoms with van der Waals surface area (Å²) < 4.78 is 3.17. The van der Waals surface area contributed by atoms with E-state index in [2.05, 4.69) is 36.4 Å². The highest BCUT2D eigenvalue weighted by atomic mass is 16.2. The van der Waals surface area contributed by atoms with Gasteiger partial charge in [0.2, 0.25) is 5.91 Å². The molecule has 0 saturated heterocycles. The molecule has 2 heterocycles. The van der Waals surface area contributed by atoms with Crippen LogP contribution in [0.25, 0.3) is 16.8 Å². The Hall–Kier alpha value is -3.67. The van der Waals surface area contributed by atoms with Crippen molar-refractivity contribution in [2.45, 2.75) is 46.2 Å². The summed E-state index contributed by atoms with van der Waals surface area (Å²) in [6.45, 7) is 7.14. The Bertz CT molecular complexity index is 1300. The van der Waals surface area contributed by atoms with E-state index in [1.807, 2.05) is 49.4 Å². The van der Waals surface area contributed by atoms with Crippen molar-refractivity contribution in [1.82, 2.24) is 19.5 Å². The summed E-state index contributed by atoms with van der Waals surface area (Å²) in [5.41, 5.74) is 5.57. The molecule has 0 bridgehead atoms. The highest BCUT2D eigenvalue weighted by molar-refractivity contribution is 5.75. The van der Waals surface area contributed by atoms with E-state index in [9.17, 15) is 9.59 Å². The summed E-state index contributed by atoms with van der Waals surface area (Å²) in [6, 6.07) is 18.0. The zero-order chi connectivity index (χ0) is 22.7. The molecular weight excluding hydrogens is 400 g/mol. The molecule has 0 spiro atoms. The normalized spacial score (nSPS) is 11.2. The highest BCUT2D eigenvalue weighted by Gasteiger charge is 2.11. The second-order valence-electron chi connectivity index (χ2n) is 8.39. The maximum Gasteiger partial charge on any atom is 0.276 e. The molecule has 0 radical (unpaired) electrons. The van der Waals surface area contributed by atoms with Gasteiger partial charge >= 0.3 is 0 Å². The molecule has 0 aliphatic rings. The van der Waals surface area contributed by atoms with Gasteiger partial charge in [0.05, 0.1) is 5.69 Å². The van der Waals surface area contributed by atoms with E-state index >= 15 is 0 Å². The lowest BCUT2D eigenvalue weighted by Gasteiger charge is -2.09. The highest BCUT2D eigenvalue weighted by Crippen LogP contribution is 2.22. The first-order valence-electron chi connectivity index (χ1n) is 10.9. The molecule has 2 aromatic heterocycles. The first-order valence-corrected chi connectivity index (χ1v) is 10.9. The van der Waals surface area contributed by atoms with Crippen molar-refractivity contribution >= 4 is 11.4 Å². The van der Waals surface area contributed by atoms with Gasteiger partial charge in [-0.2, -0.15) is 5.10 Å². The second kappa shape index (κ2) is 9.22. The third-order valence-corrected chi connectivity index (χ3v) is 5.79. The van der Waals surface area contributed by atoms with Crippen molar-refractivity contribution in [3.8, 4) is 11.3 Å². The van der Waals surface area contributed by atoms with Gasteiger partial charge in [-0.25, -0.2) is 4.52 Å². The fourth-order valence-corrected chi connectivity index (χ4v) is 3.69. The van der Waals surface area contributed by atoms with Gasteiger partial charge in [-0.15, -0.1) is 0 Å². The summed E-state index contributed by atoms with van der Waals surface area (Å²) in [7, 11) is 0. The predicted octanol–water partition coefficient (Wildman–Crippen LogP) is 4.30. The zero-order valence-electron chi connectivity index (χ0n) is 18.7. The van der Waals surface area contributed by atoms with Gasteiger partial charge in [-0.05, 0) is 35.6 Å². The molecule has 6 heteroatoms. The average Bonchev–Trinajstić information content (AvgIpc) is 3.23. The number of benzene rings is 2. The fourth-order valence-electron chi connectivity index (χ4n) is 3.69. The molecule has 0 aliphatic heterocycles. The summed E-state index contributed by atoms with van der Waals surface area (Å²) in [6.07, 6.45) is 3.68. The lowest BCUT2D eigenvalue weighted by atomic mass is 10.0. The largest absolute Gasteiger partial charge is 0.352 e. The Labute approximate surface area is 187 Å². The topological polar surface area (TPSA) is 68.4 Å². The van der Waals surface area contributed by atoms with Gasteiger partial charge in [-0.3, -0.25) is 9.59 Å². The van der Waals surface area contributed by atoms with Crippen LogP contribution in [0.5, 0.6) is 0 Å². The molecule has 0 fully saturated rings. The number of hydrogen-bond donors (Lipinski definition) is 1. The summed E-state index contributed by atoms with van der Waals surface area (Å²) >= 11 is 0. The number of carbonyl (C=O) groups is 1. The van der Waals surface area contributed by atoms with Crippen LogP contribution in [0.4, 0.5) is 0 Å². The van der Waals surface area contributed by atoms with Gasteiger partial charge in [0, 0.05) is 37.5 Å². The molecule has 1 N–H and O–H groups in total. The quantitative estimate of drug-likeness (QED) is 0.477. The van der Waals surface area contributed by atoms with Crippen LogP contribution in [0.15, 0.2) is 71.8 Å². The number of rotatable bonds is 7. The van der Waals surface area contributed by atoms with Crippen LogP contribution in [0.1, 0.15) is 42.9 Å². The number of nitrogens with one attached hydrogen (secondary N) is 1. The van der Waals surface area contributed by atoms with Crippen molar-refractivity contribution in [2.24, 2.45) is 0 Å². The number of amides is 1. The Morgan fingerprint density at radius 3 is 2.53 bits per heavy atom. The second-order valence-corrected chi connectivity index (χ2v) is 8.39. The molecular formula is C26H28N4O2. The first-order chi connectivity index (χ1) is 15.4. The van der Waals surface area contributed by atoms with Crippen LogP contribution in [0.2, 0.25) is 0 Å². The Kier molecular flexibility index (Phi) is 6.21. The van der Waals surface area contributed by atoms with Crippen LogP contribution in [0.3, 0.4) is 0 Å². The number of fused-ring (bicyclic) bond motifs is 1. The van der Waals surface area contributed by atoms with Gasteiger partial charge in [-0.1, -0.05) is 62.4 Å². The molecule has 6 nitrogen and oxygen atoms in total. The van der Waals surface area contributed by atoms with Gasteiger partial charge in [0.1, 0.15) is 5.52 Å². The van der Waals surface area contributed by atoms with Crippen molar-refractivity contribution in [2.75, 3.05) is 0 Å². The number of nitrogens with zero attached hydrogens (tertiary/aromatic N) is 3. The third kappa shape index (κ3) is 4.64. The van der Waals surface area contributed by atoms with E-state index < -0.39 is 0 Å². The monoisotopic (exact) mass is 428 g/mol. The van der Waals surface area contributed by atoms with Crippen LogP contribution in [-0.4, -0.2) is 20.1 Å². The van der Waals surface area contributed by atoms with Crippen molar-refractivity contribution in [1.29, 1.82) is 0 Å². The minimum absolute atomic E-state index is 0.0838. The van der Waals surface area contributed by atoms with Gasteiger partial charge in [0.15, 0.2) is 0 Å². The van der Waals surface area contributed by atoms with Crippen LogP contribution >= 0.6 is 0 Å². The number of hydrogen-bond acceptors (Lipinski definition) is 3. The Morgan fingerprint density at radius 1 is 1.06 bits per heavy atom. The molecule has 0 atom stereocenters. The molecule has 4 rings (SSSR count). The summed E-state index contributed by atoms with van der Waals surface area (Å²) in [4.78, 5) is 25.2. The van der Waals surface area contributed by atoms with Gasteiger partial charge in [0.25, 0.3) is 5.56 Å². The van der Waals surface area contributed by atoms with Crippen molar-refractivity contribution in [3.05, 3.63) is 94.0 Å². The Balaban J connectivity index is 1.45. The van der Waals surface area contributed by atoms with Crippen LogP contribution in [-0.2, 0) is 17.9 Å². The number of carbonyl (C=O) groups excluding carboxylic acids is 1. The van der Waals surface area contributed by atoms with Gasteiger partial charge < -0.3 is 9.88 Å². The maximum absolute atomic E-state index is 12.9. The minimum atomic E-state index is -0.156. The van der Waals surface area contributed by atoms with E-state index in [0.29, 0.717) is 24.5 Å². The molecule has 164 valence electrons. The fraction of sp³-hybridized carbons (Fsp3) is 0.269. The van der Waals surface area contributed by atoms with Crippen molar-refractivity contribution in [3.63, 3.8) is 0 Å². The SMILES string of the molecule is Cc1ccccc1CNC(=O)CCn1ccn2nc(-c3ccc(C(C)C)cc3)cc2c1=O. The zero-order valence-corrected chi connectivity index (χ0v) is 18.7. The molecule has 0 unspecified atom stereocenters. The van der Waals surface area contributed by atoms with E-state index in [-0.39, 0.29) is 17.9 Å². The first kappa shape index (κ1) is 21.6. The molecule has 32 heavy (non-hydrogen) atoms. The number of aryl methyl sites for hydroxylation is 2. The maximum atomic E-state index is 12.9. The van der Waals surface area contributed by atoms with E-state index in [0.717, 1.165) is 22.4 Å². The molecule has 4 aromatic rings. The third-order valence-electron chi connectivity index (χ3n) is 5.79. The molecule has 1 amide bonds. The van der Waals surface area contributed by atoms with Crippen LogP contribution < -0.4 is 10.9 Å².